The maximum absolute atomic E-state index is 12.2. The smallest absolute Gasteiger partial charge is 0.256 e. The maximum atomic E-state index is 12.2. The van der Waals surface area contributed by atoms with Crippen molar-refractivity contribution < 1.29 is 14.3 Å². The fourth-order valence-electron chi connectivity index (χ4n) is 2.42. The highest BCUT2D eigenvalue weighted by molar-refractivity contribution is 9.10. The minimum atomic E-state index is -0.127. The van der Waals surface area contributed by atoms with Gasteiger partial charge in [0.2, 0.25) is 0 Å². The van der Waals surface area contributed by atoms with E-state index < -0.39 is 0 Å². The zero-order valence-corrected chi connectivity index (χ0v) is 13.7. The molecule has 0 fully saturated rings. The molecule has 0 unspecified atom stereocenters. The SMILES string of the molecule is COc1ccc(OC)c(C=C2C(=O)Nc3cc(Br)ccc32)c1. The largest absolute Gasteiger partial charge is 0.497 e. The van der Waals surface area contributed by atoms with Gasteiger partial charge in [0.15, 0.2) is 0 Å². The van der Waals surface area contributed by atoms with Gasteiger partial charge in [0, 0.05) is 21.2 Å². The molecule has 1 N–H and O–H groups in total. The van der Waals surface area contributed by atoms with E-state index in [1.807, 2.05) is 42.5 Å². The molecule has 0 atom stereocenters. The number of carbonyl (C=O) groups is 1. The molecule has 1 aliphatic heterocycles. The van der Waals surface area contributed by atoms with Crippen molar-refractivity contribution in [2.24, 2.45) is 0 Å². The van der Waals surface area contributed by atoms with E-state index in [0.29, 0.717) is 17.1 Å². The summed E-state index contributed by atoms with van der Waals surface area (Å²) in [7, 11) is 3.21. The minimum Gasteiger partial charge on any atom is -0.497 e. The van der Waals surface area contributed by atoms with Crippen LogP contribution in [0.2, 0.25) is 0 Å². The van der Waals surface area contributed by atoms with Crippen LogP contribution >= 0.6 is 15.9 Å². The molecule has 0 aliphatic carbocycles. The number of hydrogen-bond donors (Lipinski definition) is 1. The molecule has 0 bridgehead atoms. The second-order valence-electron chi connectivity index (χ2n) is 4.81. The van der Waals surface area contributed by atoms with E-state index in [1.165, 1.54) is 0 Å². The highest BCUT2D eigenvalue weighted by Gasteiger charge is 2.24. The van der Waals surface area contributed by atoms with Gasteiger partial charge in [-0.15, -0.1) is 0 Å². The first kappa shape index (κ1) is 14.7. The van der Waals surface area contributed by atoms with E-state index in [-0.39, 0.29) is 5.91 Å². The van der Waals surface area contributed by atoms with Crippen LogP contribution in [0, 0.1) is 0 Å². The van der Waals surface area contributed by atoms with Gasteiger partial charge in [0.25, 0.3) is 5.91 Å². The number of methoxy groups -OCH3 is 2. The molecule has 112 valence electrons. The molecule has 0 aromatic heterocycles. The number of amides is 1. The Hall–Kier alpha value is -2.27. The first-order valence-electron chi connectivity index (χ1n) is 6.67. The average Bonchev–Trinajstić information content (AvgIpc) is 2.82. The van der Waals surface area contributed by atoms with Crippen LogP contribution in [0.25, 0.3) is 11.6 Å². The summed E-state index contributed by atoms with van der Waals surface area (Å²) in [6, 6.07) is 11.2. The number of ether oxygens (including phenoxy) is 2. The van der Waals surface area contributed by atoms with Crippen LogP contribution < -0.4 is 14.8 Å². The summed E-state index contributed by atoms with van der Waals surface area (Å²) in [5.41, 5.74) is 3.07. The summed E-state index contributed by atoms with van der Waals surface area (Å²) in [6.45, 7) is 0. The van der Waals surface area contributed by atoms with Gasteiger partial charge < -0.3 is 14.8 Å². The quantitative estimate of drug-likeness (QED) is 0.843. The number of benzene rings is 2. The molecule has 1 amide bonds. The molecule has 3 rings (SSSR count). The number of fused-ring (bicyclic) bond motifs is 1. The van der Waals surface area contributed by atoms with E-state index in [1.54, 1.807) is 14.2 Å². The second-order valence-corrected chi connectivity index (χ2v) is 5.73. The van der Waals surface area contributed by atoms with Crippen molar-refractivity contribution >= 4 is 39.2 Å². The van der Waals surface area contributed by atoms with Crippen molar-refractivity contribution in [1.29, 1.82) is 0 Å². The standard InChI is InChI=1S/C17H14BrNO3/c1-21-12-4-6-16(22-2)10(7-12)8-14-13-5-3-11(18)9-15(13)19-17(14)20/h3-9H,1-2H3,(H,19,20). The Balaban J connectivity index is 2.12. The first-order chi connectivity index (χ1) is 10.6. The lowest BCUT2D eigenvalue weighted by Gasteiger charge is -2.08. The molecule has 0 saturated heterocycles. The molecule has 4 nitrogen and oxygen atoms in total. The number of nitrogens with one attached hydrogen (secondary N) is 1. The summed E-state index contributed by atoms with van der Waals surface area (Å²) in [6.07, 6.45) is 1.82. The van der Waals surface area contributed by atoms with Crippen LogP contribution in [0.1, 0.15) is 11.1 Å². The maximum Gasteiger partial charge on any atom is 0.256 e. The normalized spacial score (nSPS) is 14.7. The minimum absolute atomic E-state index is 0.127. The predicted octanol–water partition coefficient (Wildman–Crippen LogP) is 3.96. The van der Waals surface area contributed by atoms with Crippen molar-refractivity contribution in [3.05, 3.63) is 52.0 Å². The van der Waals surface area contributed by atoms with Crippen LogP contribution in [0.4, 0.5) is 5.69 Å². The Morgan fingerprint density at radius 1 is 1.09 bits per heavy atom. The predicted molar refractivity (Wildman–Crippen MR) is 90.2 cm³/mol. The van der Waals surface area contributed by atoms with E-state index in [0.717, 1.165) is 21.3 Å². The van der Waals surface area contributed by atoms with Gasteiger partial charge in [-0.2, -0.15) is 0 Å². The molecule has 2 aromatic rings. The summed E-state index contributed by atoms with van der Waals surface area (Å²) < 4.78 is 11.5. The molecular weight excluding hydrogens is 346 g/mol. The molecular formula is C17H14BrNO3. The zero-order chi connectivity index (χ0) is 15.7. The van der Waals surface area contributed by atoms with Gasteiger partial charge in [0.1, 0.15) is 11.5 Å². The van der Waals surface area contributed by atoms with Crippen molar-refractivity contribution in [1.82, 2.24) is 0 Å². The van der Waals surface area contributed by atoms with Crippen molar-refractivity contribution in [3.63, 3.8) is 0 Å². The molecule has 22 heavy (non-hydrogen) atoms. The summed E-state index contributed by atoms with van der Waals surface area (Å²) in [4.78, 5) is 12.2. The third-order valence-electron chi connectivity index (χ3n) is 3.50. The molecule has 1 heterocycles. The van der Waals surface area contributed by atoms with Crippen molar-refractivity contribution in [2.75, 3.05) is 19.5 Å². The van der Waals surface area contributed by atoms with E-state index in [2.05, 4.69) is 21.2 Å². The monoisotopic (exact) mass is 359 g/mol. The van der Waals surface area contributed by atoms with Gasteiger partial charge in [-0.25, -0.2) is 0 Å². The molecule has 0 saturated carbocycles. The topological polar surface area (TPSA) is 47.6 Å². The average molecular weight is 360 g/mol. The molecule has 0 radical (unpaired) electrons. The fraction of sp³-hybridized carbons (Fsp3) is 0.118. The lowest BCUT2D eigenvalue weighted by atomic mass is 10.0. The summed E-state index contributed by atoms with van der Waals surface area (Å²) in [5, 5.41) is 2.87. The lowest BCUT2D eigenvalue weighted by Crippen LogP contribution is -2.03. The van der Waals surface area contributed by atoms with Crippen LogP contribution in [0.3, 0.4) is 0 Å². The van der Waals surface area contributed by atoms with Gasteiger partial charge in [-0.05, 0) is 36.4 Å². The fourth-order valence-corrected chi connectivity index (χ4v) is 2.78. The first-order valence-corrected chi connectivity index (χ1v) is 7.46. The number of anilines is 1. The van der Waals surface area contributed by atoms with Crippen LogP contribution in [-0.2, 0) is 4.79 Å². The molecule has 1 aliphatic rings. The molecule has 0 spiro atoms. The summed E-state index contributed by atoms with van der Waals surface area (Å²) in [5.74, 6) is 1.27. The Morgan fingerprint density at radius 2 is 1.91 bits per heavy atom. The van der Waals surface area contributed by atoms with Crippen LogP contribution in [-0.4, -0.2) is 20.1 Å². The van der Waals surface area contributed by atoms with Gasteiger partial charge in [-0.3, -0.25) is 4.79 Å². The van der Waals surface area contributed by atoms with E-state index in [9.17, 15) is 4.79 Å². The van der Waals surface area contributed by atoms with Crippen LogP contribution in [0.5, 0.6) is 11.5 Å². The number of carbonyl (C=O) groups excluding carboxylic acids is 1. The highest BCUT2D eigenvalue weighted by atomic mass is 79.9. The highest BCUT2D eigenvalue weighted by Crippen LogP contribution is 2.36. The second kappa shape index (κ2) is 5.85. The third kappa shape index (κ3) is 2.60. The van der Waals surface area contributed by atoms with E-state index >= 15 is 0 Å². The zero-order valence-electron chi connectivity index (χ0n) is 12.1. The number of halogens is 1. The van der Waals surface area contributed by atoms with Crippen LogP contribution in [0.15, 0.2) is 40.9 Å². The Labute approximate surface area is 136 Å². The Kier molecular flexibility index (Phi) is 3.90. The summed E-state index contributed by atoms with van der Waals surface area (Å²) >= 11 is 3.41. The third-order valence-corrected chi connectivity index (χ3v) is 3.99. The van der Waals surface area contributed by atoms with Gasteiger partial charge in [0.05, 0.1) is 19.9 Å². The number of rotatable bonds is 3. The molecule has 2 aromatic carbocycles. The van der Waals surface area contributed by atoms with Crippen molar-refractivity contribution in [2.45, 2.75) is 0 Å². The van der Waals surface area contributed by atoms with Crippen molar-refractivity contribution in [3.8, 4) is 11.5 Å². The van der Waals surface area contributed by atoms with Gasteiger partial charge >= 0.3 is 0 Å². The molecule has 5 heteroatoms. The van der Waals surface area contributed by atoms with E-state index in [4.69, 9.17) is 9.47 Å². The Morgan fingerprint density at radius 3 is 2.64 bits per heavy atom. The number of hydrogen-bond acceptors (Lipinski definition) is 3. The lowest BCUT2D eigenvalue weighted by molar-refractivity contribution is -0.110. The van der Waals surface area contributed by atoms with Gasteiger partial charge in [-0.1, -0.05) is 22.0 Å². The Bertz CT molecular complexity index is 783.